The summed E-state index contributed by atoms with van der Waals surface area (Å²) in [5.74, 6) is -0.683. The van der Waals surface area contributed by atoms with Gasteiger partial charge < -0.3 is 19.3 Å². The number of carbonyl (C=O) groups excluding carboxylic acids is 1. The van der Waals surface area contributed by atoms with Gasteiger partial charge in [-0.1, -0.05) is 41.9 Å². The minimum absolute atomic E-state index is 0.182. The number of hydrogen-bond acceptors (Lipinski definition) is 5. The lowest BCUT2D eigenvalue weighted by atomic mass is 10.1. The van der Waals surface area contributed by atoms with Gasteiger partial charge in [-0.3, -0.25) is 4.90 Å². The second-order valence-electron chi connectivity index (χ2n) is 7.56. The van der Waals surface area contributed by atoms with E-state index in [4.69, 9.17) is 25.8 Å². The Hall–Kier alpha value is -2.93. The largest absolute Gasteiger partial charge is 0.487 e. The number of rotatable bonds is 4. The van der Waals surface area contributed by atoms with E-state index >= 15 is 0 Å². The van der Waals surface area contributed by atoms with Gasteiger partial charge in [-0.25, -0.2) is 9.59 Å². The zero-order valence-electron chi connectivity index (χ0n) is 16.3. The molecule has 1 aliphatic rings. The van der Waals surface area contributed by atoms with E-state index in [0.29, 0.717) is 11.4 Å². The number of anilines is 1. The molecule has 1 atom stereocenters. The Morgan fingerprint density at radius 3 is 2.55 bits per heavy atom. The van der Waals surface area contributed by atoms with E-state index in [1.165, 1.54) is 17.0 Å². The maximum absolute atomic E-state index is 12.6. The third-order valence-electron chi connectivity index (χ3n) is 4.05. The van der Waals surface area contributed by atoms with E-state index in [2.05, 4.69) is 0 Å². The number of ether oxygens (including phenoxy) is 3. The summed E-state index contributed by atoms with van der Waals surface area (Å²) >= 11 is 6.35. The molecule has 0 aromatic heterocycles. The topological polar surface area (TPSA) is 85.3 Å². The van der Waals surface area contributed by atoms with Crippen molar-refractivity contribution in [2.45, 2.75) is 39.1 Å². The number of carboxylic acids is 1. The molecule has 1 aliphatic heterocycles. The summed E-state index contributed by atoms with van der Waals surface area (Å²) in [4.78, 5) is 25.4. The van der Waals surface area contributed by atoms with Crippen LogP contribution in [0.25, 0.3) is 0 Å². The normalized spacial score (nSPS) is 15.9. The SMILES string of the molecule is CC(C)(C)OC(=O)N1CC(C(=O)O)Oc2cc(OCc3ccccc3)c(Cl)cc21. The molecule has 1 amide bonds. The molecule has 29 heavy (non-hydrogen) atoms. The van der Waals surface area contributed by atoms with E-state index in [1.54, 1.807) is 20.8 Å². The van der Waals surface area contributed by atoms with E-state index < -0.39 is 23.8 Å². The van der Waals surface area contributed by atoms with Crippen LogP contribution in [0.4, 0.5) is 10.5 Å². The molecule has 1 N–H and O–H groups in total. The zero-order chi connectivity index (χ0) is 21.2. The fraction of sp³-hybridized carbons (Fsp3) is 0.333. The highest BCUT2D eigenvalue weighted by atomic mass is 35.5. The molecule has 0 spiro atoms. The summed E-state index contributed by atoms with van der Waals surface area (Å²) in [5, 5.41) is 9.68. The van der Waals surface area contributed by atoms with Crippen LogP contribution in [0.1, 0.15) is 26.3 Å². The Morgan fingerprint density at radius 1 is 1.24 bits per heavy atom. The van der Waals surface area contributed by atoms with Crippen LogP contribution in [-0.4, -0.2) is 35.4 Å². The number of halogens is 1. The van der Waals surface area contributed by atoms with Crippen LogP contribution in [0, 0.1) is 0 Å². The average Bonchev–Trinajstić information content (AvgIpc) is 2.65. The number of aliphatic carboxylic acids is 1. The summed E-state index contributed by atoms with van der Waals surface area (Å²) in [6, 6.07) is 12.5. The monoisotopic (exact) mass is 419 g/mol. The van der Waals surface area contributed by atoms with Crippen molar-refractivity contribution in [3.05, 3.63) is 53.1 Å². The molecule has 0 aliphatic carbocycles. The highest BCUT2D eigenvalue weighted by molar-refractivity contribution is 6.32. The van der Waals surface area contributed by atoms with Gasteiger partial charge in [0.15, 0.2) is 0 Å². The molecule has 0 radical (unpaired) electrons. The van der Waals surface area contributed by atoms with Crippen molar-refractivity contribution < 1.29 is 28.9 Å². The molecule has 7 nitrogen and oxygen atoms in total. The lowest BCUT2D eigenvalue weighted by Crippen LogP contribution is -2.48. The molecule has 1 heterocycles. The maximum Gasteiger partial charge on any atom is 0.415 e. The second kappa shape index (κ2) is 8.21. The van der Waals surface area contributed by atoms with Crippen molar-refractivity contribution in [2.75, 3.05) is 11.4 Å². The minimum Gasteiger partial charge on any atom is -0.487 e. The average molecular weight is 420 g/mol. The van der Waals surface area contributed by atoms with Crippen molar-refractivity contribution in [1.29, 1.82) is 0 Å². The summed E-state index contributed by atoms with van der Waals surface area (Å²) < 4.78 is 16.7. The van der Waals surface area contributed by atoms with E-state index in [9.17, 15) is 14.7 Å². The predicted molar refractivity (Wildman–Crippen MR) is 108 cm³/mol. The highest BCUT2D eigenvalue weighted by Crippen LogP contribution is 2.42. The fourth-order valence-corrected chi connectivity index (χ4v) is 2.96. The third-order valence-corrected chi connectivity index (χ3v) is 4.34. The van der Waals surface area contributed by atoms with Crippen molar-refractivity contribution in [3.8, 4) is 11.5 Å². The van der Waals surface area contributed by atoms with Crippen molar-refractivity contribution in [1.82, 2.24) is 0 Å². The summed E-state index contributed by atoms with van der Waals surface area (Å²) in [6.45, 7) is 5.27. The Morgan fingerprint density at radius 2 is 1.93 bits per heavy atom. The summed E-state index contributed by atoms with van der Waals surface area (Å²) in [7, 11) is 0. The summed E-state index contributed by atoms with van der Waals surface area (Å²) in [5.41, 5.74) is 0.534. The molecule has 2 aromatic carbocycles. The fourth-order valence-electron chi connectivity index (χ4n) is 2.75. The van der Waals surface area contributed by atoms with Gasteiger partial charge in [0.1, 0.15) is 23.7 Å². The molecule has 0 fully saturated rings. The Kier molecular flexibility index (Phi) is 5.88. The van der Waals surface area contributed by atoms with Gasteiger partial charge in [-0.05, 0) is 32.4 Å². The summed E-state index contributed by atoms with van der Waals surface area (Å²) in [6.07, 6.45) is -1.92. The predicted octanol–water partition coefficient (Wildman–Crippen LogP) is 4.51. The van der Waals surface area contributed by atoms with Crippen molar-refractivity contribution in [3.63, 3.8) is 0 Å². The number of amides is 1. The van der Waals surface area contributed by atoms with Crippen LogP contribution in [0.5, 0.6) is 11.5 Å². The van der Waals surface area contributed by atoms with Crippen LogP contribution < -0.4 is 14.4 Å². The Labute approximate surface area is 173 Å². The van der Waals surface area contributed by atoms with Gasteiger partial charge in [0.05, 0.1) is 17.3 Å². The lowest BCUT2D eigenvalue weighted by molar-refractivity contribution is -0.144. The first-order valence-electron chi connectivity index (χ1n) is 9.04. The van der Waals surface area contributed by atoms with Gasteiger partial charge in [0.2, 0.25) is 6.10 Å². The van der Waals surface area contributed by atoms with Crippen LogP contribution in [0.3, 0.4) is 0 Å². The highest BCUT2D eigenvalue weighted by Gasteiger charge is 2.36. The molecule has 1 unspecified atom stereocenters. The molecule has 2 aromatic rings. The lowest BCUT2D eigenvalue weighted by Gasteiger charge is -2.34. The number of carbonyl (C=O) groups is 2. The standard InChI is InChI=1S/C21H22ClNO6/c1-21(2,3)29-20(26)23-11-18(19(24)25)28-17-10-16(14(22)9-15(17)23)27-12-13-7-5-4-6-8-13/h4-10,18H,11-12H2,1-3H3,(H,24,25). The number of fused-ring (bicyclic) bond motifs is 1. The first-order valence-corrected chi connectivity index (χ1v) is 9.42. The first-order chi connectivity index (χ1) is 13.6. The molecule has 8 heteroatoms. The van der Waals surface area contributed by atoms with E-state index in [0.717, 1.165) is 5.56 Å². The Bertz CT molecular complexity index is 909. The van der Waals surface area contributed by atoms with Crippen molar-refractivity contribution >= 4 is 29.4 Å². The Balaban J connectivity index is 1.90. The van der Waals surface area contributed by atoms with Crippen LogP contribution in [-0.2, 0) is 16.1 Å². The van der Waals surface area contributed by atoms with Gasteiger partial charge in [0, 0.05) is 6.07 Å². The van der Waals surface area contributed by atoms with Crippen LogP contribution in [0.2, 0.25) is 5.02 Å². The van der Waals surface area contributed by atoms with E-state index in [-0.39, 0.29) is 23.9 Å². The third kappa shape index (κ3) is 5.12. The van der Waals surface area contributed by atoms with Gasteiger partial charge in [0.25, 0.3) is 0 Å². The van der Waals surface area contributed by atoms with Crippen molar-refractivity contribution in [2.24, 2.45) is 0 Å². The minimum atomic E-state index is -1.24. The molecule has 3 rings (SSSR count). The number of carboxylic acid groups (broad SMARTS) is 1. The van der Waals surface area contributed by atoms with Crippen LogP contribution in [0.15, 0.2) is 42.5 Å². The number of hydrogen-bond donors (Lipinski definition) is 1. The maximum atomic E-state index is 12.6. The number of nitrogens with zero attached hydrogens (tertiary/aromatic N) is 1. The molecule has 154 valence electrons. The van der Waals surface area contributed by atoms with Gasteiger partial charge in [-0.15, -0.1) is 0 Å². The zero-order valence-corrected chi connectivity index (χ0v) is 17.1. The van der Waals surface area contributed by atoms with E-state index in [1.807, 2.05) is 30.3 Å². The first kappa shape index (κ1) is 20.8. The smallest absolute Gasteiger partial charge is 0.415 e. The molecule has 0 saturated carbocycles. The number of benzene rings is 2. The second-order valence-corrected chi connectivity index (χ2v) is 7.97. The molecule has 0 bridgehead atoms. The molecule has 0 saturated heterocycles. The molecular weight excluding hydrogens is 398 g/mol. The van der Waals surface area contributed by atoms with Gasteiger partial charge >= 0.3 is 12.1 Å². The molecular formula is C21H22ClNO6. The quantitative estimate of drug-likeness (QED) is 0.784. The van der Waals surface area contributed by atoms with Crippen LogP contribution >= 0.6 is 11.6 Å². The van der Waals surface area contributed by atoms with Gasteiger partial charge in [-0.2, -0.15) is 0 Å².